The molecule has 0 radical (unpaired) electrons. The van der Waals surface area contributed by atoms with Crippen molar-refractivity contribution in [3.8, 4) is 0 Å². The Morgan fingerprint density at radius 2 is 1.68 bits per heavy atom. The van der Waals surface area contributed by atoms with Crippen LogP contribution >= 0.6 is 0 Å². The first-order valence-corrected chi connectivity index (χ1v) is 11.9. The number of aryl methyl sites for hydroxylation is 1. The highest BCUT2D eigenvalue weighted by Gasteiger charge is 2.37. The maximum atomic E-state index is 13.7. The number of rotatable bonds is 6. The Hall–Kier alpha value is -2.82. The van der Waals surface area contributed by atoms with Crippen LogP contribution in [0.3, 0.4) is 0 Å². The Bertz CT molecular complexity index is 1070. The minimum absolute atomic E-state index is 0.0531. The molecule has 2 aromatic carbocycles. The monoisotopic (exact) mass is 533 g/mol. The summed E-state index contributed by atoms with van der Waals surface area (Å²) < 4.78 is 92.6. The van der Waals surface area contributed by atoms with Gasteiger partial charge in [0.15, 0.2) is 0 Å². The van der Waals surface area contributed by atoms with Crippen LogP contribution in [0.25, 0.3) is 0 Å². The van der Waals surface area contributed by atoms with E-state index < -0.39 is 35.4 Å². The van der Waals surface area contributed by atoms with Crippen LogP contribution in [0.4, 0.5) is 35.5 Å². The molecule has 204 valence electrons. The molecule has 0 saturated carbocycles. The quantitative estimate of drug-likeness (QED) is 0.418. The molecule has 4 nitrogen and oxygen atoms in total. The van der Waals surface area contributed by atoms with E-state index in [0.717, 1.165) is 5.56 Å². The first-order valence-electron chi connectivity index (χ1n) is 11.9. The molecule has 3 rings (SSSR count). The number of nitrogens with one attached hydrogen (secondary N) is 2. The summed E-state index contributed by atoms with van der Waals surface area (Å²) >= 11 is 0. The van der Waals surface area contributed by atoms with Crippen molar-refractivity contribution in [2.24, 2.45) is 5.92 Å². The molecule has 1 saturated heterocycles. The van der Waals surface area contributed by atoms with Gasteiger partial charge < -0.3 is 15.5 Å². The van der Waals surface area contributed by atoms with Crippen LogP contribution in [0.2, 0.25) is 0 Å². The van der Waals surface area contributed by atoms with E-state index in [0.29, 0.717) is 37.1 Å². The molecule has 2 amide bonds. The van der Waals surface area contributed by atoms with Crippen molar-refractivity contribution >= 4 is 6.03 Å². The second-order valence-electron chi connectivity index (χ2n) is 9.63. The summed E-state index contributed by atoms with van der Waals surface area (Å²) in [7, 11) is 1.83. The molecule has 1 heterocycles. The van der Waals surface area contributed by atoms with Crippen molar-refractivity contribution in [2.45, 2.75) is 57.5 Å². The van der Waals surface area contributed by atoms with Gasteiger partial charge in [-0.3, -0.25) is 0 Å². The normalized spacial score (nSPS) is 19.6. The van der Waals surface area contributed by atoms with Crippen molar-refractivity contribution < 1.29 is 35.5 Å². The largest absolute Gasteiger partial charge is 0.416 e. The second kappa shape index (κ2) is 11.3. The molecular formula is C26H30F7N3O. The highest BCUT2D eigenvalue weighted by Crippen LogP contribution is 2.37. The SMILES string of the molecule is CN[C@H]1CCN(C(=O)NCC(C)Cc2cc(C(F)(F)F)cc(C(F)(F)F)c2)[C@@H](c2ccc(F)cc2C)C1. The molecule has 0 spiro atoms. The minimum atomic E-state index is -4.92. The van der Waals surface area contributed by atoms with E-state index in [1.165, 1.54) is 12.1 Å². The van der Waals surface area contributed by atoms with Gasteiger partial charge >= 0.3 is 18.4 Å². The van der Waals surface area contributed by atoms with Gasteiger partial charge in [0.05, 0.1) is 17.2 Å². The predicted molar refractivity (Wildman–Crippen MR) is 125 cm³/mol. The number of piperidine rings is 1. The van der Waals surface area contributed by atoms with Crippen LogP contribution in [0, 0.1) is 18.7 Å². The zero-order valence-corrected chi connectivity index (χ0v) is 20.7. The summed E-state index contributed by atoms with van der Waals surface area (Å²) in [6.07, 6.45) is -8.62. The molecule has 0 bridgehead atoms. The molecule has 1 fully saturated rings. The summed E-state index contributed by atoms with van der Waals surface area (Å²) in [4.78, 5) is 14.8. The molecular weight excluding hydrogens is 503 g/mol. The maximum absolute atomic E-state index is 13.7. The Balaban J connectivity index is 1.72. The topological polar surface area (TPSA) is 44.4 Å². The molecule has 11 heteroatoms. The maximum Gasteiger partial charge on any atom is 0.416 e. The lowest BCUT2D eigenvalue weighted by atomic mass is 9.89. The van der Waals surface area contributed by atoms with Gasteiger partial charge in [-0.2, -0.15) is 26.3 Å². The Morgan fingerprint density at radius 1 is 1.05 bits per heavy atom. The van der Waals surface area contributed by atoms with Crippen LogP contribution in [0.15, 0.2) is 36.4 Å². The second-order valence-corrected chi connectivity index (χ2v) is 9.63. The molecule has 1 unspecified atom stereocenters. The van der Waals surface area contributed by atoms with Crippen LogP contribution in [0.1, 0.15) is 53.6 Å². The van der Waals surface area contributed by atoms with Crippen LogP contribution < -0.4 is 10.6 Å². The molecule has 0 aromatic heterocycles. The first kappa shape index (κ1) is 28.7. The van der Waals surface area contributed by atoms with Crippen LogP contribution in [-0.2, 0) is 18.8 Å². The number of alkyl halides is 6. The lowest BCUT2D eigenvalue weighted by molar-refractivity contribution is -0.143. The summed E-state index contributed by atoms with van der Waals surface area (Å²) in [6, 6.07) is 5.36. The van der Waals surface area contributed by atoms with Gasteiger partial charge in [-0.15, -0.1) is 0 Å². The lowest BCUT2D eigenvalue weighted by Crippen LogP contribution is -2.50. The third kappa shape index (κ3) is 7.37. The smallest absolute Gasteiger partial charge is 0.338 e. The third-order valence-corrected chi connectivity index (χ3v) is 6.70. The fourth-order valence-electron chi connectivity index (χ4n) is 4.75. The predicted octanol–water partition coefficient (Wildman–Crippen LogP) is 6.49. The number of urea groups is 1. The molecule has 1 aliphatic rings. The van der Waals surface area contributed by atoms with E-state index in [9.17, 15) is 35.5 Å². The number of carbonyl (C=O) groups is 1. The number of benzene rings is 2. The average Bonchev–Trinajstić information content (AvgIpc) is 2.81. The van der Waals surface area contributed by atoms with E-state index in [-0.39, 0.29) is 42.5 Å². The number of halogens is 7. The van der Waals surface area contributed by atoms with E-state index in [2.05, 4.69) is 10.6 Å². The Labute approximate surface area is 211 Å². The fourth-order valence-corrected chi connectivity index (χ4v) is 4.75. The molecule has 1 aliphatic heterocycles. The van der Waals surface area contributed by atoms with Crippen molar-refractivity contribution in [2.75, 3.05) is 20.1 Å². The Morgan fingerprint density at radius 3 is 2.22 bits per heavy atom. The van der Waals surface area contributed by atoms with E-state index in [1.54, 1.807) is 24.8 Å². The van der Waals surface area contributed by atoms with Crippen molar-refractivity contribution in [1.82, 2.24) is 15.5 Å². The van der Waals surface area contributed by atoms with Crippen molar-refractivity contribution in [1.29, 1.82) is 0 Å². The first-order chi connectivity index (χ1) is 17.2. The molecule has 3 atom stereocenters. The third-order valence-electron chi connectivity index (χ3n) is 6.70. The number of nitrogens with zero attached hydrogens (tertiary/aromatic N) is 1. The summed E-state index contributed by atoms with van der Waals surface area (Å²) in [5.41, 5.74) is -1.32. The van der Waals surface area contributed by atoms with Crippen molar-refractivity contribution in [3.63, 3.8) is 0 Å². The van der Waals surface area contributed by atoms with Gasteiger partial charge in [-0.05, 0) is 86.2 Å². The number of carbonyl (C=O) groups excluding carboxylic acids is 1. The zero-order valence-electron chi connectivity index (χ0n) is 20.7. The van der Waals surface area contributed by atoms with Gasteiger partial charge in [-0.25, -0.2) is 9.18 Å². The average molecular weight is 534 g/mol. The summed E-state index contributed by atoms with van der Waals surface area (Å²) in [5, 5.41) is 5.98. The molecule has 37 heavy (non-hydrogen) atoms. The van der Waals surface area contributed by atoms with E-state index in [1.807, 2.05) is 7.05 Å². The van der Waals surface area contributed by atoms with Gasteiger partial charge in [0.2, 0.25) is 0 Å². The molecule has 2 aromatic rings. The highest BCUT2D eigenvalue weighted by molar-refractivity contribution is 5.75. The van der Waals surface area contributed by atoms with E-state index >= 15 is 0 Å². The van der Waals surface area contributed by atoms with Gasteiger partial charge in [0, 0.05) is 19.1 Å². The summed E-state index contributed by atoms with van der Waals surface area (Å²) in [5.74, 6) is -0.815. The van der Waals surface area contributed by atoms with E-state index in [4.69, 9.17) is 0 Å². The summed E-state index contributed by atoms with van der Waals surface area (Å²) in [6.45, 7) is 3.89. The van der Waals surface area contributed by atoms with Crippen LogP contribution in [0.5, 0.6) is 0 Å². The number of hydrogen-bond acceptors (Lipinski definition) is 2. The van der Waals surface area contributed by atoms with Crippen molar-refractivity contribution in [3.05, 3.63) is 70.0 Å². The Kier molecular flexibility index (Phi) is 8.77. The molecule has 0 aliphatic carbocycles. The fraction of sp³-hybridized carbons (Fsp3) is 0.500. The van der Waals surface area contributed by atoms with Gasteiger partial charge in [-0.1, -0.05) is 13.0 Å². The number of likely N-dealkylation sites (tertiary alicyclic amines) is 1. The highest BCUT2D eigenvalue weighted by atomic mass is 19.4. The number of hydrogen-bond donors (Lipinski definition) is 2. The number of amides is 2. The lowest BCUT2D eigenvalue weighted by Gasteiger charge is -2.40. The van der Waals surface area contributed by atoms with Gasteiger partial charge in [0.1, 0.15) is 5.82 Å². The molecule has 2 N–H and O–H groups in total. The minimum Gasteiger partial charge on any atom is -0.338 e. The van der Waals surface area contributed by atoms with Gasteiger partial charge in [0.25, 0.3) is 0 Å². The zero-order chi connectivity index (χ0) is 27.5. The van der Waals surface area contributed by atoms with Crippen LogP contribution in [-0.4, -0.2) is 37.1 Å². The standard InChI is InChI=1S/C26H30F7N3O/c1-15(8-17-10-18(25(28,29)30)12-19(11-17)26(31,32)33)14-35-24(37)36-7-6-21(34-3)13-23(36)22-5-4-20(27)9-16(22)2/h4-5,9-12,15,21,23,34H,6-8,13-14H2,1-3H3,(H,35,37)/t15?,21-,23+/m0/s1.